The maximum atomic E-state index is 12.2. The molecule has 0 aromatic heterocycles. The number of ketones is 1. The Labute approximate surface area is 162 Å². The van der Waals surface area contributed by atoms with E-state index < -0.39 is 11.7 Å². The van der Waals surface area contributed by atoms with Crippen LogP contribution >= 0.6 is 0 Å². The molecule has 0 radical (unpaired) electrons. The van der Waals surface area contributed by atoms with Crippen molar-refractivity contribution in [3.8, 4) is 0 Å². The molecule has 0 heterocycles. The number of aliphatic hydroxyl groups excluding tert-OH is 1. The zero-order valence-electron chi connectivity index (χ0n) is 16.8. The standard InChI is InChI=1S/C22H34O5/c1-4-5-14-22(2,26)15-10-12-18-17(19(23)16-20(18)24)11-8-6-7-9-13-21(25)27-3/h6,9-10,15,17-18,20,24,26H,4-5,8,11-14,16H2,1-3H3/b15-10+/t7?,17-,18-,20-,22?/m1/s1. The van der Waals surface area contributed by atoms with Gasteiger partial charge in [-0.2, -0.15) is 0 Å². The molecule has 1 rings (SSSR count). The molecule has 5 nitrogen and oxygen atoms in total. The molecule has 2 N–H and O–H groups in total. The molecule has 152 valence electrons. The fourth-order valence-corrected chi connectivity index (χ4v) is 3.46. The molecule has 0 aromatic carbocycles. The molecule has 1 fully saturated rings. The molecule has 1 unspecified atom stereocenters. The molecule has 5 heteroatoms. The molecule has 1 saturated carbocycles. The minimum Gasteiger partial charge on any atom is -0.469 e. The lowest BCUT2D eigenvalue weighted by Gasteiger charge is -2.21. The minimum atomic E-state index is -0.841. The van der Waals surface area contributed by atoms with Gasteiger partial charge in [0.05, 0.1) is 25.2 Å². The van der Waals surface area contributed by atoms with Crippen molar-refractivity contribution in [1.82, 2.24) is 0 Å². The summed E-state index contributed by atoms with van der Waals surface area (Å²) >= 11 is 0. The lowest BCUT2D eigenvalue weighted by molar-refractivity contribution is -0.139. The maximum Gasteiger partial charge on any atom is 0.309 e. The number of Topliss-reactive ketones (excluding diaryl/α,β-unsaturated/α-hetero) is 1. The maximum absolute atomic E-state index is 12.2. The van der Waals surface area contributed by atoms with Gasteiger partial charge in [-0.15, -0.1) is 5.73 Å². The Morgan fingerprint density at radius 2 is 2.15 bits per heavy atom. The number of allylic oxidation sites excluding steroid dienone is 1. The van der Waals surface area contributed by atoms with Crippen molar-refractivity contribution in [3.63, 3.8) is 0 Å². The van der Waals surface area contributed by atoms with E-state index in [9.17, 15) is 19.8 Å². The van der Waals surface area contributed by atoms with Crippen LogP contribution in [-0.4, -0.2) is 40.8 Å². The molecular formula is C22H34O5. The zero-order chi connectivity index (χ0) is 20.3. The quantitative estimate of drug-likeness (QED) is 0.327. The van der Waals surface area contributed by atoms with Gasteiger partial charge in [-0.05, 0) is 50.7 Å². The Morgan fingerprint density at radius 1 is 1.41 bits per heavy atom. The van der Waals surface area contributed by atoms with Crippen LogP contribution in [0, 0.1) is 11.8 Å². The monoisotopic (exact) mass is 378 g/mol. The smallest absolute Gasteiger partial charge is 0.309 e. The number of esters is 1. The highest BCUT2D eigenvalue weighted by atomic mass is 16.5. The molecule has 4 atom stereocenters. The third-order valence-electron chi connectivity index (χ3n) is 5.11. The summed E-state index contributed by atoms with van der Waals surface area (Å²) in [5.41, 5.74) is 2.09. The predicted octanol–water partition coefficient (Wildman–Crippen LogP) is 3.49. The van der Waals surface area contributed by atoms with Gasteiger partial charge in [0.1, 0.15) is 5.78 Å². The summed E-state index contributed by atoms with van der Waals surface area (Å²) in [6, 6.07) is 0. The molecule has 0 bridgehead atoms. The highest BCUT2D eigenvalue weighted by Gasteiger charge is 2.40. The van der Waals surface area contributed by atoms with Gasteiger partial charge >= 0.3 is 5.97 Å². The SMILES string of the molecule is CCCCC(C)(O)/C=C/C[C@H]1[C@H](O)CC(=O)[C@@H]1CCC=C=CCC(=O)OC. The Kier molecular flexibility index (Phi) is 10.3. The number of aliphatic hydroxyl groups is 2. The first-order valence-electron chi connectivity index (χ1n) is 9.87. The molecule has 0 amide bonds. The van der Waals surface area contributed by atoms with E-state index in [1.54, 1.807) is 19.1 Å². The molecule has 0 aromatic rings. The second-order valence-corrected chi connectivity index (χ2v) is 7.54. The molecule has 0 aliphatic heterocycles. The van der Waals surface area contributed by atoms with Crippen molar-refractivity contribution in [1.29, 1.82) is 0 Å². The summed E-state index contributed by atoms with van der Waals surface area (Å²) < 4.78 is 4.54. The van der Waals surface area contributed by atoms with Crippen molar-refractivity contribution < 1.29 is 24.5 Å². The highest BCUT2D eigenvalue weighted by molar-refractivity contribution is 5.84. The average Bonchev–Trinajstić information content (AvgIpc) is 2.89. The summed E-state index contributed by atoms with van der Waals surface area (Å²) in [7, 11) is 1.34. The van der Waals surface area contributed by atoms with Gasteiger partial charge in [0.15, 0.2) is 0 Å². The molecule has 0 spiro atoms. The van der Waals surface area contributed by atoms with E-state index in [0.29, 0.717) is 25.7 Å². The lowest BCUT2D eigenvalue weighted by Crippen LogP contribution is -2.22. The number of ether oxygens (including phenoxy) is 1. The van der Waals surface area contributed by atoms with Crippen LogP contribution in [0.25, 0.3) is 0 Å². The van der Waals surface area contributed by atoms with Crippen LogP contribution in [0.5, 0.6) is 0 Å². The predicted molar refractivity (Wildman–Crippen MR) is 105 cm³/mol. The van der Waals surface area contributed by atoms with Crippen LogP contribution in [0.4, 0.5) is 0 Å². The molecule has 0 saturated heterocycles. The third kappa shape index (κ3) is 8.70. The molecule has 1 aliphatic rings. The highest BCUT2D eigenvalue weighted by Crippen LogP contribution is 2.35. The van der Waals surface area contributed by atoms with Crippen LogP contribution in [0.3, 0.4) is 0 Å². The number of carbonyl (C=O) groups excluding carboxylic acids is 2. The van der Waals surface area contributed by atoms with Gasteiger partial charge in [-0.3, -0.25) is 9.59 Å². The van der Waals surface area contributed by atoms with Crippen LogP contribution in [0.2, 0.25) is 0 Å². The Hall–Kier alpha value is -1.68. The third-order valence-corrected chi connectivity index (χ3v) is 5.11. The van der Waals surface area contributed by atoms with E-state index in [1.807, 2.05) is 12.2 Å². The van der Waals surface area contributed by atoms with E-state index in [-0.39, 0.29) is 36.4 Å². The van der Waals surface area contributed by atoms with Crippen molar-refractivity contribution in [2.45, 2.75) is 76.9 Å². The topological polar surface area (TPSA) is 83.8 Å². The van der Waals surface area contributed by atoms with Gasteiger partial charge in [-0.25, -0.2) is 0 Å². The van der Waals surface area contributed by atoms with Crippen molar-refractivity contribution in [2.75, 3.05) is 7.11 Å². The van der Waals surface area contributed by atoms with Crippen LogP contribution in [-0.2, 0) is 14.3 Å². The van der Waals surface area contributed by atoms with Gasteiger partial charge < -0.3 is 14.9 Å². The molecule has 1 aliphatic carbocycles. The molecular weight excluding hydrogens is 344 g/mol. The number of methoxy groups -OCH3 is 1. The van der Waals surface area contributed by atoms with Crippen LogP contribution < -0.4 is 0 Å². The lowest BCUT2D eigenvalue weighted by atomic mass is 9.86. The fourth-order valence-electron chi connectivity index (χ4n) is 3.46. The second-order valence-electron chi connectivity index (χ2n) is 7.54. The van der Waals surface area contributed by atoms with Gasteiger partial charge in [0.25, 0.3) is 0 Å². The van der Waals surface area contributed by atoms with Crippen molar-refractivity contribution in [2.24, 2.45) is 11.8 Å². The van der Waals surface area contributed by atoms with Crippen molar-refractivity contribution >= 4 is 11.8 Å². The van der Waals surface area contributed by atoms with Crippen molar-refractivity contribution in [3.05, 3.63) is 30.0 Å². The normalized spacial score (nSPS) is 24.5. The minimum absolute atomic E-state index is 0.102. The average molecular weight is 379 g/mol. The van der Waals surface area contributed by atoms with E-state index in [2.05, 4.69) is 17.4 Å². The van der Waals surface area contributed by atoms with Gasteiger partial charge in [-0.1, -0.05) is 31.9 Å². The van der Waals surface area contributed by atoms with E-state index >= 15 is 0 Å². The number of hydrogen-bond acceptors (Lipinski definition) is 5. The fraction of sp³-hybridized carbons (Fsp3) is 0.682. The summed E-state index contributed by atoms with van der Waals surface area (Å²) in [6.07, 6.45) is 11.5. The first-order chi connectivity index (χ1) is 12.8. The summed E-state index contributed by atoms with van der Waals surface area (Å²) in [4.78, 5) is 23.2. The summed E-state index contributed by atoms with van der Waals surface area (Å²) in [5, 5.41) is 20.5. The van der Waals surface area contributed by atoms with Gasteiger partial charge in [0.2, 0.25) is 0 Å². The summed E-state index contributed by atoms with van der Waals surface area (Å²) in [6.45, 7) is 3.88. The number of rotatable bonds is 11. The Bertz CT molecular complexity index is 569. The first kappa shape index (κ1) is 23.4. The van der Waals surface area contributed by atoms with E-state index in [0.717, 1.165) is 12.8 Å². The van der Waals surface area contributed by atoms with Crippen LogP contribution in [0.1, 0.15) is 65.2 Å². The molecule has 27 heavy (non-hydrogen) atoms. The van der Waals surface area contributed by atoms with Gasteiger partial charge in [0, 0.05) is 12.3 Å². The Balaban J connectivity index is 2.56. The number of hydrogen-bond donors (Lipinski definition) is 2. The van der Waals surface area contributed by atoms with E-state index in [1.165, 1.54) is 7.11 Å². The number of unbranched alkanes of at least 4 members (excludes halogenated alkanes) is 1. The zero-order valence-corrected chi connectivity index (χ0v) is 16.8. The number of carbonyl (C=O) groups is 2. The second kappa shape index (κ2) is 11.9. The largest absolute Gasteiger partial charge is 0.469 e. The van der Waals surface area contributed by atoms with Crippen LogP contribution in [0.15, 0.2) is 30.0 Å². The Morgan fingerprint density at radius 3 is 2.81 bits per heavy atom. The first-order valence-corrected chi connectivity index (χ1v) is 9.87. The summed E-state index contributed by atoms with van der Waals surface area (Å²) in [5.74, 6) is -0.496. The van der Waals surface area contributed by atoms with E-state index in [4.69, 9.17) is 0 Å².